The van der Waals surface area contributed by atoms with Gasteiger partial charge in [0, 0.05) is 12.8 Å². The predicted octanol–water partition coefficient (Wildman–Crippen LogP) is 9.20. The molecule has 0 aromatic carbocycles. The minimum Gasteiger partial charge on any atom is -0.347 e. The van der Waals surface area contributed by atoms with Gasteiger partial charge in [-0.15, -0.1) is 0 Å². The molecule has 0 bridgehead atoms. The summed E-state index contributed by atoms with van der Waals surface area (Å²) in [5.41, 5.74) is 0. The molecule has 0 rings (SSSR count). The molecule has 28 heavy (non-hydrogen) atoms. The summed E-state index contributed by atoms with van der Waals surface area (Å²) in [6.45, 7) is 13.2. The highest BCUT2D eigenvalue weighted by Gasteiger charge is 2.33. The number of hydrogen-bond donors (Lipinski definition) is 0. The summed E-state index contributed by atoms with van der Waals surface area (Å²) >= 11 is 0. The van der Waals surface area contributed by atoms with Gasteiger partial charge in [0.05, 0.1) is 12.2 Å². The molecule has 0 saturated heterocycles. The van der Waals surface area contributed by atoms with E-state index in [1.165, 1.54) is 96.3 Å². The minimum atomic E-state index is -0.367. The summed E-state index contributed by atoms with van der Waals surface area (Å²) in [4.78, 5) is 0. The molecule has 0 atom stereocenters. The van der Waals surface area contributed by atoms with E-state index in [1.807, 2.05) is 0 Å². The molecule has 2 nitrogen and oxygen atoms in total. The fourth-order valence-electron chi connectivity index (χ4n) is 4.13. The van der Waals surface area contributed by atoms with Crippen LogP contribution < -0.4 is 0 Å². The van der Waals surface area contributed by atoms with E-state index in [-0.39, 0.29) is 18.0 Å². The van der Waals surface area contributed by atoms with Crippen LogP contribution >= 0.6 is 0 Å². The predicted molar refractivity (Wildman–Crippen MR) is 125 cm³/mol. The molecule has 0 radical (unpaired) electrons. The van der Waals surface area contributed by atoms with Gasteiger partial charge in [0.2, 0.25) is 0 Å². The van der Waals surface area contributed by atoms with Crippen molar-refractivity contribution in [2.24, 2.45) is 0 Å². The highest BCUT2D eigenvalue weighted by atomic mass is 16.7. The second-order valence-corrected chi connectivity index (χ2v) is 9.34. The first-order chi connectivity index (χ1) is 13.5. The molecule has 0 fully saturated rings. The highest BCUT2D eigenvalue weighted by Crippen LogP contribution is 2.31. The SMILES string of the molecule is CCCCCCCCCCC(CCCCCCCCC)(OC(C)C)OC(C)C. The Balaban J connectivity index is 4.36. The Hall–Kier alpha value is -0.0800. The average molecular weight is 399 g/mol. The van der Waals surface area contributed by atoms with Crippen LogP contribution in [0.1, 0.15) is 151 Å². The van der Waals surface area contributed by atoms with Crippen LogP contribution in [0.3, 0.4) is 0 Å². The molecule has 0 aliphatic heterocycles. The molecule has 0 aliphatic rings. The molecular formula is C26H54O2. The van der Waals surface area contributed by atoms with Gasteiger partial charge in [-0.25, -0.2) is 0 Å². The van der Waals surface area contributed by atoms with E-state index < -0.39 is 0 Å². The van der Waals surface area contributed by atoms with Gasteiger partial charge in [-0.3, -0.25) is 0 Å². The monoisotopic (exact) mass is 398 g/mol. The first kappa shape index (κ1) is 27.9. The van der Waals surface area contributed by atoms with Crippen LogP contribution in [0.25, 0.3) is 0 Å². The van der Waals surface area contributed by atoms with Crippen molar-refractivity contribution in [3.8, 4) is 0 Å². The third-order valence-electron chi connectivity index (χ3n) is 5.47. The van der Waals surface area contributed by atoms with Crippen molar-refractivity contribution in [1.82, 2.24) is 0 Å². The Morgan fingerprint density at radius 3 is 1.04 bits per heavy atom. The zero-order valence-electron chi connectivity index (χ0n) is 20.5. The van der Waals surface area contributed by atoms with Crippen molar-refractivity contribution in [3.05, 3.63) is 0 Å². The summed E-state index contributed by atoms with van der Waals surface area (Å²) in [5.74, 6) is -0.367. The average Bonchev–Trinajstić information content (AvgIpc) is 2.62. The second kappa shape index (κ2) is 18.9. The fourth-order valence-corrected chi connectivity index (χ4v) is 4.13. The molecule has 2 heteroatoms. The summed E-state index contributed by atoms with van der Waals surface area (Å²) < 4.78 is 12.9. The van der Waals surface area contributed by atoms with Crippen molar-refractivity contribution < 1.29 is 9.47 Å². The van der Waals surface area contributed by atoms with E-state index in [9.17, 15) is 0 Å². The van der Waals surface area contributed by atoms with Gasteiger partial charge in [0.25, 0.3) is 0 Å². The molecular weight excluding hydrogens is 344 g/mol. The lowest BCUT2D eigenvalue weighted by atomic mass is 9.98. The van der Waals surface area contributed by atoms with Gasteiger partial charge >= 0.3 is 0 Å². The first-order valence-corrected chi connectivity index (χ1v) is 12.8. The van der Waals surface area contributed by atoms with Crippen molar-refractivity contribution >= 4 is 0 Å². The quantitative estimate of drug-likeness (QED) is 0.142. The minimum absolute atomic E-state index is 0.220. The maximum Gasteiger partial charge on any atom is 0.168 e. The molecule has 0 heterocycles. The van der Waals surface area contributed by atoms with E-state index in [1.54, 1.807) is 0 Å². The third-order valence-corrected chi connectivity index (χ3v) is 5.47. The van der Waals surface area contributed by atoms with Crippen LogP contribution in [0.5, 0.6) is 0 Å². The lowest BCUT2D eigenvalue weighted by molar-refractivity contribution is -0.276. The number of hydrogen-bond acceptors (Lipinski definition) is 2. The first-order valence-electron chi connectivity index (χ1n) is 12.8. The summed E-state index contributed by atoms with van der Waals surface area (Å²) in [6, 6.07) is 0. The number of unbranched alkanes of at least 4 members (excludes halogenated alkanes) is 13. The van der Waals surface area contributed by atoms with Crippen LogP contribution in [-0.2, 0) is 9.47 Å². The van der Waals surface area contributed by atoms with Crippen molar-refractivity contribution in [2.75, 3.05) is 0 Å². The smallest absolute Gasteiger partial charge is 0.168 e. The van der Waals surface area contributed by atoms with Crippen molar-refractivity contribution in [2.45, 2.75) is 169 Å². The topological polar surface area (TPSA) is 18.5 Å². The second-order valence-electron chi connectivity index (χ2n) is 9.34. The lowest BCUT2D eigenvalue weighted by Gasteiger charge is -2.37. The highest BCUT2D eigenvalue weighted by molar-refractivity contribution is 4.73. The lowest BCUT2D eigenvalue weighted by Crippen LogP contribution is -2.40. The van der Waals surface area contributed by atoms with Gasteiger partial charge in [-0.05, 0) is 40.5 Å². The molecule has 0 N–H and O–H groups in total. The Morgan fingerprint density at radius 1 is 0.464 bits per heavy atom. The molecule has 0 aliphatic carbocycles. The fraction of sp³-hybridized carbons (Fsp3) is 1.00. The molecule has 0 saturated carbocycles. The van der Waals surface area contributed by atoms with Crippen LogP contribution in [0.15, 0.2) is 0 Å². The van der Waals surface area contributed by atoms with Crippen LogP contribution in [-0.4, -0.2) is 18.0 Å². The van der Waals surface area contributed by atoms with E-state index in [0.717, 1.165) is 12.8 Å². The Morgan fingerprint density at radius 2 is 0.750 bits per heavy atom. The number of ether oxygens (including phenoxy) is 2. The zero-order chi connectivity index (χ0) is 21.1. The Labute approximate surface area is 178 Å². The maximum atomic E-state index is 6.43. The summed E-state index contributed by atoms with van der Waals surface area (Å²) in [7, 11) is 0. The van der Waals surface area contributed by atoms with E-state index in [2.05, 4.69) is 41.5 Å². The van der Waals surface area contributed by atoms with Crippen molar-refractivity contribution in [3.63, 3.8) is 0 Å². The molecule has 0 aromatic rings. The summed E-state index contributed by atoms with van der Waals surface area (Å²) in [6.07, 6.45) is 22.8. The van der Waals surface area contributed by atoms with Crippen LogP contribution in [0, 0.1) is 0 Å². The standard InChI is InChI=1S/C26H54O2/c1-7-9-11-13-15-17-19-21-23-26(27-24(3)4,28-25(5)6)22-20-18-16-14-12-10-8-2/h24-25H,7-23H2,1-6H3. The Bertz CT molecular complexity index is 302. The third kappa shape index (κ3) is 16.8. The molecule has 0 aromatic heterocycles. The van der Waals surface area contributed by atoms with Crippen LogP contribution in [0.2, 0.25) is 0 Å². The molecule has 0 spiro atoms. The molecule has 170 valence electrons. The van der Waals surface area contributed by atoms with Gasteiger partial charge in [0.1, 0.15) is 0 Å². The van der Waals surface area contributed by atoms with E-state index >= 15 is 0 Å². The molecule has 0 amide bonds. The van der Waals surface area contributed by atoms with Gasteiger partial charge < -0.3 is 9.47 Å². The van der Waals surface area contributed by atoms with Gasteiger partial charge in [-0.2, -0.15) is 0 Å². The summed E-state index contributed by atoms with van der Waals surface area (Å²) in [5, 5.41) is 0. The zero-order valence-corrected chi connectivity index (χ0v) is 20.5. The largest absolute Gasteiger partial charge is 0.347 e. The van der Waals surface area contributed by atoms with E-state index in [0.29, 0.717) is 0 Å². The van der Waals surface area contributed by atoms with E-state index in [4.69, 9.17) is 9.47 Å². The Kier molecular flexibility index (Phi) is 18.9. The van der Waals surface area contributed by atoms with Gasteiger partial charge in [-0.1, -0.05) is 97.3 Å². The molecule has 0 unspecified atom stereocenters. The van der Waals surface area contributed by atoms with Gasteiger partial charge in [0.15, 0.2) is 5.79 Å². The number of rotatable bonds is 21. The van der Waals surface area contributed by atoms with Crippen molar-refractivity contribution in [1.29, 1.82) is 0 Å². The maximum absolute atomic E-state index is 6.43. The normalized spacial score (nSPS) is 12.4. The van der Waals surface area contributed by atoms with Crippen LogP contribution in [0.4, 0.5) is 0 Å².